The zero-order valence-electron chi connectivity index (χ0n) is 21.1. The Bertz CT molecular complexity index is 1210. The highest BCUT2D eigenvalue weighted by Crippen LogP contribution is 2.28. The Morgan fingerprint density at radius 2 is 1.69 bits per heavy atom. The van der Waals surface area contributed by atoms with Crippen molar-refractivity contribution in [2.24, 2.45) is 0 Å². The van der Waals surface area contributed by atoms with Crippen molar-refractivity contribution in [1.29, 1.82) is 0 Å². The minimum absolute atomic E-state index is 0.688. The van der Waals surface area contributed by atoms with Gasteiger partial charge in [0.2, 0.25) is 0 Å². The maximum atomic E-state index is 5.45. The van der Waals surface area contributed by atoms with Crippen molar-refractivity contribution < 1.29 is 9.47 Å². The summed E-state index contributed by atoms with van der Waals surface area (Å²) in [5.74, 6) is 1.54. The Hall–Kier alpha value is -3.58. The lowest BCUT2D eigenvalue weighted by atomic mass is 10.1. The Morgan fingerprint density at radius 3 is 2.29 bits per heavy atom. The highest BCUT2D eigenvalue weighted by Gasteiger charge is 2.11. The number of methoxy groups -OCH3 is 2. The van der Waals surface area contributed by atoms with Crippen LogP contribution in [0.5, 0.6) is 11.5 Å². The molecule has 4 rings (SSSR count). The van der Waals surface area contributed by atoms with Crippen molar-refractivity contribution in [1.82, 2.24) is 15.3 Å². The third kappa shape index (κ3) is 5.92. The molecule has 0 bridgehead atoms. The van der Waals surface area contributed by atoms with Crippen LogP contribution in [0.3, 0.4) is 0 Å². The molecule has 1 fully saturated rings. The lowest BCUT2D eigenvalue weighted by Crippen LogP contribution is -2.43. The smallest absolute Gasteiger partial charge is 0.124 e. The molecule has 1 N–H and O–H groups in total. The topological polar surface area (TPSA) is 62.8 Å². The van der Waals surface area contributed by atoms with Crippen LogP contribution in [0.4, 0.5) is 11.4 Å². The van der Waals surface area contributed by atoms with E-state index in [0.29, 0.717) is 6.54 Å². The lowest BCUT2D eigenvalue weighted by molar-refractivity contribution is 0.394. The molecular formula is C28H35N5O2. The molecule has 184 valence electrons. The van der Waals surface area contributed by atoms with E-state index in [4.69, 9.17) is 19.4 Å². The second kappa shape index (κ2) is 11.7. The zero-order chi connectivity index (χ0) is 24.6. The summed E-state index contributed by atoms with van der Waals surface area (Å²) < 4.78 is 10.9. The summed E-state index contributed by atoms with van der Waals surface area (Å²) in [7, 11) is 3.34. The second-order valence-electron chi connectivity index (χ2n) is 8.41. The van der Waals surface area contributed by atoms with Crippen molar-refractivity contribution in [2.45, 2.75) is 13.8 Å². The maximum Gasteiger partial charge on any atom is 0.124 e. The van der Waals surface area contributed by atoms with Gasteiger partial charge in [-0.05, 0) is 32.1 Å². The molecule has 0 aliphatic carbocycles. The van der Waals surface area contributed by atoms with E-state index < -0.39 is 0 Å². The van der Waals surface area contributed by atoms with Crippen LogP contribution < -0.4 is 35.3 Å². The van der Waals surface area contributed by atoms with Crippen LogP contribution in [-0.4, -0.2) is 63.5 Å². The molecule has 0 atom stereocenters. The molecule has 7 nitrogen and oxygen atoms in total. The first-order valence-corrected chi connectivity index (χ1v) is 12.2. The predicted molar refractivity (Wildman–Crippen MR) is 144 cm³/mol. The van der Waals surface area contributed by atoms with Gasteiger partial charge < -0.3 is 24.6 Å². The standard InChI is InChI=1S/C28H35N5O2/c1-5-26-27(11-14-32(6-2)23-17-24(34-3)19-25(18-23)35-4)31-28(20-30-26)21-7-9-22(10-8-21)33-15-12-29-13-16-33/h5,7-11,17-20,29H,6,12-16H2,1-4H3/b26-5+,27-11+. The highest BCUT2D eigenvalue weighted by atomic mass is 16.5. The molecule has 35 heavy (non-hydrogen) atoms. The molecule has 0 radical (unpaired) electrons. The molecule has 2 aromatic carbocycles. The van der Waals surface area contributed by atoms with Crippen molar-refractivity contribution in [3.63, 3.8) is 0 Å². The van der Waals surface area contributed by atoms with Crippen molar-refractivity contribution in [3.8, 4) is 22.8 Å². The summed E-state index contributed by atoms with van der Waals surface area (Å²) in [6.45, 7) is 9.77. The Kier molecular flexibility index (Phi) is 8.21. The van der Waals surface area contributed by atoms with Gasteiger partial charge in [-0.15, -0.1) is 0 Å². The Labute approximate surface area is 207 Å². The van der Waals surface area contributed by atoms with Crippen LogP contribution in [-0.2, 0) is 0 Å². The Morgan fingerprint density at radius 1 is 1.00 bits per heavy atom. The van der Waals surface area contributed by atoms with E-state index in [1.807, 2.05) is 37.4 Å². The van der Waals surface area contributed by atoms with Gasteiger partial charge in [0, 0.05) is 74.4 Å². The Balaban J connectivity index is 1.60. The van der Waals surface area contributed by atoms with Gasteiger partial charge in [0.25, 0.3) is 0 Å². The van der Waals surface area contributed by atoms with Crippen LogP contribution in [0, 0.1) is 0 Å². The average molecular weight is 474 g/mol. The summed E-state index contributed by atoms with van der Waals surface area (Å²) in [6, 6.07) is 14.6. The summed E-state index contributed by atoms with van der Waals surface area (Å²) in [6.07, 6.45) is 5.99. The van der Waals surface area contributed by atoms with Gasteiger partial charge in [-0.25, -0.2) is 4.98 Å². The fourth-order valence-corrected chi connectivity index (χ4v) is 4.28. The minimum atomic E-state index is 0.688. The number of aromatic nitrogens is 2. The van der Waals surface area contributed by atoms with Gasteiger partial charge in [0.05, 0.1) is 36.8 Å². The fourth-order valence-electron chi connectivity index (χ4n) is 4.28. The zero-order valence-corrected chi connectivity index (χ0v) is 21.1. The summed E-state index contributed by atoms with van der Waals surface area (Å²) in [4.78, 5) is 14.3. The first-order chi connectivity index (χ1) is 17.1. The number of piperazine rings is 1. The van der Waals surface area contributed by atoms with Gasteiger partial charge in [0.1, 0.15) is 11.5 Å². The van der Waals surface area contributed by atoms with Gasteiger partial charge in [-0.2, -0.15) is 0 Å². The average Bonchev–Trinajstić information content (AvgIpc) is 2.93. The molecule has 2 heterocycles. The van der Waals surface area contributed by atoms with Crippen LogP contribution in [0.15, 0.2) is 48.7 Å². The largest absolute Gasteiger partial charge is 0.497 e. The van der Waals surface area contributed by atoms with E-state index in [-0.39, 0.29) is 0 Å². The predicted octanol–water partition coefficient (Wildman–Crippen LogP) is 2.68. The molecule has 0 saturated carbocycles. The molecule has 3 aromatic rings. The molecular weight excluding hydrogens is 438 g/mol. The fraction of sp³-hybridized carbons (Fsp3) is 0.357. The number of hydrogen-bond acceptors (Lipinski definition) is 7. The maximum absolute atomic E-state index is 5.45. The normalized spacial score (nSPS) is 14.8. The van der Waals surface area contributed by atoms with Crippen molar-refractivity contribution >= 4 is 23.5 Å². The van der Waals surface area contributed by atoms with Gasteiger partial charge >= 0.3 is 0 Å². The number of nitrogens with zero attached hydrogens (tertiary/aromatic N) is 4. The third-order valence-corrected chi connectivity index (χ3v) is 6.34. The number of hydrogen-bond donors (Lipinski definition) is 1. The van der Waals surface area contributed by atoms with Gasteiger partial charge in [-0.1, -0.05) is 18.2 Å². The number of rotatable bonds is 8. The van der Waals surface area contributed by atoms with Gasteiger partial charge in [0.15, 0.2) is 0 Å². The summed E-state index contributed by atoms with van der Waals surface area (Å²) >= 11 is 0. The van der Waals surface area contributed by atoms with E-state index in [1.165, 1.54) is 5.69 Å². The third-order valence-electron chi connectivity index (χ3n) is 6.34. The number of anilines is 2. The lowest BCUT2D eigenvalue weighted by Gasteiger charge is -2.29. The van der Waals surface area contributed by atoms with E-state index in [0.717, 1.165) is 71.9 Å². The highest BCUT2D eigenvalue weighted by molar-refractivity contribution is 5.63. The van der Waals surface area contributed by atoms with Gasteiger partial charge in [-0.3, -0.25) is 4.98 Å². The summed E-state index contributed by atoms with van der Waals surface area (Å²) in [5.41, 5.74) is 4.23. The van der Waals surface area contributed by atoms with E-state index in [2.05, 4.69) is 52.4 Å². The van der Waals surface area contributed by atoms with Crippen LogP contribution >= 0.6 is 0 Å². The molecule has 1 saturated heterocycles. The molecule has 0 amide bonds. The number of benzene rings is 2. The van der Waals surface area contributed by atoms with Crippen LogP contribution in [0.25, 0.3) is 23.4 Å². The van der Waals surface area contributed by atoms with E-state index >= 15 is 0 Å². The van der Waals surface area contributed by atoms with E-state index in [9.17, 15) is 0 Å². The van der Waals surface area contributed by atoms with Crippen LogP contribution in [0.2, 0.25) is 0 Å². The molecule has 0 spiro atoms. The number of nitrogens with one attached hydrogen (secondary N) is 1. The van der Waals surface area contributed by atoms with Crippen molar-refractivity contribution in [3.05, 3.63) is 59.4 Å². The van der Waals surface area contributed by atoms with Crippen molar-refractivity contribution in [2.75, 3.05) is 63.3 Å². The molecule has 7 heteroatoms. The molecule has 1 aromatic heterocycles. The second-order valence-corrected chi connectivity index (χ2v) is 8.41. The molecule has 1 aliphatic rings. The van der Waals surface area contributed by atoms with E-state index in [1.54, 1.807) is 14.2 Å². The first-order valence-electron chi connectivity index (χ1n) is 12.2. The molecule has 1 aliphatic heterocycles. The quantitative estimate of drug-likeness (QED) is 0.540. The molecule has 0 unspecified atom stereocenters. The SMILES string of the molecule is C/C=c1/ncc(-c2ccc(N3CCNCC3)cc2)n/c1=C/CN(CC)c1cc(OC)cc(OC)c1. The monoisotopic (exact) mass is 473 g/mol. The summed E-state index contributed by atoms with van der Waals surface area (Å²) in [5, 5.41) is 5.16. The number of ether oxygens (including phenoxy) is 2. The minimum Gasteiger partial charge on any atom is -0.497 e. The first kappa shape index (κ1) is 24.5. The van der Waals surface area contributed by atoms with Crippen LogP contribution in [0.1, 0.15) is 13.8 Å².